The van der Waals surface area contributed by atoms with Crippen LogP contribution in [-0.4, -0.2) is 0 Å². The first kappa shape index (κ1) is 6.90. The fourth-order valence-electron chi connectivity index (χ4n) is 1.97. The molecule has 58 valence electrons. The lowest BCUT2D eigenvalue weighted by molar-refractivity contribution is 0.860. The van der Waals surface area contributed by atoms with Crippen molar-refractivity contribution in [2.24, 2.45) is 0 Å². The maximum absolute atomic E-state index is 2.37. The number of hydrogen-bond donors (Lipinski definition) is 0. The van der Waals surface area contributed by atoms with E-state index < -0.39 is 0 Å². The molecule has 0 fully saturated rings. The van der Waals surface area contributed by atoms with Crippen molar-refractivity contribution in [3.05, 3.63) is 34.9 Å². The minimum absolute atomic E-state index is 1.24. The zero-order valence-electron chi connectivity index (χ0n) is 7.06. The van der Waals surface area contributed by atoms with E-state index in [1.165, 1.54) is 31.3 Å². The molecule has 0 aromatic heterocycles. The van der Waals surface area contributed by atoms with Crippen molar-refractivity contribution in [1.82, 2.24) is 0 Å². The van der Waals surface area contributed by atoms with Gasteiger partial charge in [0.1, 0.15) is 0 Å². The first-order chi connectivity index (χ1) is 5.38. The highest BCUT2D eigenvalue weighted by Crippen LogP contribution is 2.31. The lowest BCUT2D eigenvalue weighted by Crippen LogP contribution is -2.00. The van der Waals surface area contributed by atoms with Gasteiger partial charge in [-0.25, -0.2) is 0 Å². The summed E-state index contributed by atoms with van der Waals surface area (Å²) in [5, 5.41) is 0. The largest absolute Gasteiger partial charge is 0.0839 e. The summed E-state index contributed by atoms with van der Waals surface area (Å²) in [6, 6.07) is 0. The monoisotopic (exact) mass is 146 g/mol. The van der Waals surface area contributed by atoms with Crippen molar-refractivity contribution in [3.8, 4) is 0 Å². The lowest BCUT2D eigenvalue weighted by atomic mass is 9.86. The fraction of sp³-hybridized carbons (Fsp3) is 0.455. The molecular formula is C11H14. The van der Waals surface area contributed by atoms with Crippen LogP contribution in [0.25, 0.3) is 0 Å². The van der Waals surface area contributed by atoms with E-state index in [1.54, 1.807) is 11.1 Å². The Bertz CT molecular complexity index is 251. The lowest BCUT2D eigenvalue weighted by Gasteiger charge is -2.20. The zero-order chi connectivity index (χ0) is 7.68. The van der Waals surface area contributed by atoms with Gasteiger partial charge >= 0.3 is 0 Å². The highest BCUT2D eigenvalue weighted by molar-refractivity contribution is 5.43. The molecule has 0 saturated heterocycles. The highest BCUT2D eigenvalue weighted by Gasteiger charge is 2.12. The minimum atomic E-state index is 1.24. The van der Waals surface area contributed by atoms with Gasteiger partial charge in [-0.15, -0.1) is 0 Å². The summed E-state index contributed by atoms with van der Waals surface area (Å²) in [7, 11) is 0. The molecule has 0 bridgehead atoms. The highest BCUT2D eigenvalue weighted by atomic mass is 14.2. The Morgan fingerprint density at radius 2 is 2.09 bits per heavy atom. The van der Waals surface area contributed by atoms with E-state index >= 15 is 0 Å². The van der Waals surface area contributed by atoms with Crippen LogP contribution in [0.5, 0.6) is 0 Å². The van der Waals surface area contributed by atoms with Gasteiger partial charge in [0.05, 0.1) is 0 Å². The fourth-order valence-corrected chi connectivity index (χ4v) is 1.97. The maximum Gasteiger partial charge on any atom is -0.0239 e. The molecule has 0 aromatic carbocycles. The molecule has 0 nitrogen and oxygen atoms in total. The van der Waals surface area contributed by atoms with Crippen LogP contribution >= 0.6 is 0 Å². The number of rotatable bonds is 0. The van der Waals surface area contributed by atoms with Crippen molar-refractivity contribution in [2.45, 2.75) is 32.6 Å². The van der Waals surface area contributed by atoms with Gasteiger partial charge in [-0.2, -0.15) is 0 Å². The van der Waals surface area contributed by atoms with E-state index in [4.69, 9.17) is 0 Å². The van der Waals surface area contributed by atoms with Crippen molar-refractivity contribution in [1.29, 1.82) is 0 Å². The third-order valence-electron chi connectivity index (χ3n) is 2.61. The van der Waals surface area contributed by atoms with Crippen LogP contribution in [0.4, 0.5) is 0 Å². The standard InChI is InChI=1S/C11H14/c1-9-5-4-7-10-6-2-3-8-11(9)10/h2,5-6H,3-4,7-8H2,1H3. The van der Waals surface area contributed by atoms with Gasteiger partial charge in [0.25, 0.3) is 0 Å². The zero-order valence-corrected chi connectivity index (χ0v) is 7.06. The average molecular weight is 146 g/mol. The smallest absolute Gasteiger partial charge is 0.0239 e. The molecule has 2 rings (SSSR count). The number of hydrogen-bond acceptors (Lipinski definition) is 0. The Morgan fingerprint density at radius 1 is 1.18 bits per heavy atom. The third kappa shape index (κ3) is 1.18. The molecule has 0 spiro atoms. The van der Waals surface area contributed by atoms with Gasteiger partial charge in [-0.05, 0) is 43.8 Å². The Labute approximate surface area is 68.3 Å². The molecule has 0 heterocycles. The Hall–Kier alpha value is -0.780. The molecule has 2 aliphatic carbocycles. The SMILES string of the molecule is CC1=CCCC2=C1CCC=C2. The van der Waals surface area contributed by atoms with E-state index in [9.17, 15) is 0 Å². The molecule has 0 N–H and O–H groups in total. The minimum Gasteiger partial charge on any atom is -0.0839 e. The topological polar surface area (TPSA) is 0 Å². The van der Waals surface area contributed by atoms with E-state index in [1.807, 2.05) is 0 Å². The van der Waals surface area contributed by atoms with Gasteiger partial charge in [-0.3, -0.25) is 0 Å². The molecule has 2 aliphatic rings. The van der Waals surface area contributed by atoms with Crippen molar-refractivity contribution >= 4 is 0 Å². The molecule has 0 radical (unpaired) electrons. The molecule has 0 aliphatic heterocycles. The van der Waals surface area contributed by atoms with E-state index in [2.05, 4.69) is 25.2 Å². The van der Waals surface area contributed by atoms with Crippen molar-refractivity contribution in [2.75, 3.05) is 0 Å². The summed E-state index contributed by atoms with van der Waals surface area (Å²) >= 11 is 0. The van der Waals surface area contributed by atoms with Crippen LogP contribution in [0.2, 0.25) is 0 Å². The summed E-state index contributed by atoms with van der Waals surface area (Å²) in [4.78, 5) is 0. The summed E-state index contributed by atoms with van der Waals surface area (Å²) in [5.74, 6) is 0. The van der Waals surface area contributed by atoms with E-state index in [-0.39, 0.29) is 0 Å². The van der Waals surface area contributed by atoms with Crippen LogP contribution in [0.1, 0.15) is 32.6 Å². The summed E-state index contributed by atoms with van der Waals surface area (Å²) in [6.07, 6.45) is 12.0. The molecular weight excluding hydrogens is 132 g/mol. The Kier molecular flexibility index (Phi) is 1.69. The maximum atomic E-state index is 2.37. The molecule has 0 amide bonds. The van der Waals surface area contributed by atoms with Gasteiger partial charge in [0, 0.05) is 0 Å². The van der Waals surface area contributed by atoms with E-state index in [0.717, 1.165) is 0 Å². The second-order valence-electron chi connectivity index (χ2n) is 3.37. The quantitative estimate of drug-likeness (QED) is 0.491. The summed E-state index contributed by atoms with van der Waals surface area (Å²) in [5.41, 5.74) is 4.74. The second-order valence-corrected chi connectivity index (χ2v) is 3.37. The van der Waals surface area contributed by atoms with Crippen LogP contribution in [0.15, 0.2) is 34.9 Å². The van der Waals surface area contributed by atoms with Crippen LogP contribution in [-0.2, 0) is 0 Å². The predicted octanol–water partition coefficient (Wildman–Crippen LogP) is 3.37. The van der Waals surface area contributed by atoms with Crippen molar-refractivity contribution < 1.29 is 0 Å². The first-order valence-electron chi connectivity index (χ1n) is 4.43. The van der Waals surface area contributed by atoms with E-state index in [0.29, 0.717) is 0 Å². The molecule has 11 heavy (non-hydrogen) atoms. The first-order valence-corrected chi connectivity index (χ1v) is 4.43. The van der Waals surface area contributed by atoms with Crippen LogP contribution in [0, 0.1) is 0 Å². The predicted molar refractivity (Wildman–Crippen MR) is 48.4 cm³/mol. The van der Waals surface area contributed by atoms with Crippen molar-refractivity contribution in [3.63, 3.8) is 0 Å². The van der Waals surface area contributed by atoms with Gasteiger partial charge in [0.2, 0.25) is 0 Å². The Balaban J connectivity index is 2.37. The van der Waals surface area contributed by atoms with Crippen LogP contribution < -0.4 is 0 Å². The van der Waals surface area contributed by atoms with Gasteiger partial charge in [0.15, 0.2) is 0 Å². The van der Waals surface area contributed by atoms with Gasteiger partial charge in [-0.1, -0.05) is 23.8 Å². The molecule has 0 heteroatoms. The third-order valence-corrected chi connectivity index (χ3v) is 2.61. The molecule has 0 saturated carbocycles. The average Bonchev–Trinajstić information content (AvgIpc) is 2.06. The normalized spacial score (nSPS) is 23.2. The summed E-state index contributed by atoms with van der Waals surface area (Å²) in [6.45, 7) is 2.24. The van der Waals surface area contributed by atoms with Gasteiger partial charge < -0.3 is 0 Å². The summed E-state index contributed by atoms with van der Waals surface area (Å²) < 4.78 is 0. The second kappa shape index (κ2) is 2.69. The Morgan fingerprint density at radius 3 is 2.91 bits per heavy atom. The molecule has 0 aromatic rings. The number of allylic oxidation sites excluding steroid dienone is 6. The molecule has 0 atom stereocenters. The molecule has 0 unspecified atom stereocenters. The van der Waals surface area contributed by atoms with Crippen LogP contribution in [0.3, 0.4) is 0 Å².